The average Bonchev–Trinajstić information content (AvgIpc) is 3.45. The third-order valence-corrected chi connectivity index (χ3v) is 9.06. The topological polar surface area (TPSA) is 57.0 Å². The lowest BCUT2D eigenvalue weighted by molar-refractivity contribution is -0.143. The third-order valence-electron chi connectivity index (χ3n) is 9.06. The minimum Gasteiger partial charge on any atom is -0.466 e. The van der Waals surface area contributed by atoms with Crippen molar-refractivity contribution in [1.29, 1.82) is 0 Å². The van der Waals surface area contributed by atoms with E-state index in [-0.39, 0.29) is 17.8 Å². The highest BCUT2D eigenvalue weighted by Gasteiger charge is 2.34. The van der Waals surface area contributed by atoms with E-state index in [2.05, 4.69) is 62.4 Å². The van der Waals surface area contributed by atoms with Crippen LogP contribution < -0.4 is 0 Å². The molecule has 4 rings (SSSR count). The number of hydrogen-bond donors (Lipinski definition) is 0. The molecule has 0 aliphatic heterocycles. The minimum absolute atomic E-state index is 0.147. The molecule has 0 saturated carbocycles. The van der Waals surface area contributed by atoms with Crippen LogP contribution in [-0.2, 0) is 28.9 Å². The Morgan fingerprint density at radius 1 is 0.674 bits per heavy atom. The van der Waals surface area contributed by atoms with E-state index in [0.717, 1.165) is 37.1 Å². The summed E-state index contributed by atoms with van der Waals surface area (Å²) in [6.07, 6.45) is 18.7. The summed E-state index contributed by atoms with van der Waals surface area (Å²) in [6, 6.07) is 18.6. The first-order chi connectivity index (χ1) is 21.1. The van der Waals surface area contributed by atoms with E-state index < -0.39 is 0 Å². The molecule has 234 valence electrons. The molecule has 0 spiro atoms. The zero-order valence-electron chi connectivity index (χ0n) is 27.2. The molecule has 0 amide bonds. The highest BCUT2D eigenvalue weighted by molar-refractivity contribution is 5.69. The van der Waals surface area contributed by atoms with Crippen molar-refractivity contribution >= 4 is 5.97 Å². The number of rotatable bonds is 19. The number of benzene rings is 2. The van der Waals surface area contributed by atoms with Crippen molar-refractivity contribution in [3.8, 4) is 0 Å². The summed E-state index contributed by atoms with van der Waals surface area (Å²) in [5.41, 5.74) is 7.77. The molecule has 1 aliphatic carbocycles. The molecule has 2 atom stereocenters. The molecular weight excluding hydrogens is 530 g/mol. The maximum absolute atomic E-state index is 11.9. The van der Waals surface area contributed by atoms with Gasteiger partial charge in [-0.3, -0.25) is 4.79 Å². The lowest BCUT2D eigenvalue weighted by Crippen LogP contribution is -2.16. The maximum Gasteiger partial charge on any atom is 0.305 e. The van der Waals surface area contributed by atoms with Crippen LogP contribution in [-0.4, -0.2) is 27.6 Å². The van der Waals surface area contributed by atoms with Crippen molar-refractivity contribution in [2.75, 3.05) is 6.61 Å². The van der Waals surface area contributed by atoms with E-state index in [1.54, 1.807) is 0 Å². The Morgan fingerprint density at radius 2 is 1.14 bits per heavy atom. The van der Waals surface area contributed by atoms with Crippen LogP contribution in [0.1, 0.15) is 156 Å². The van der Waals surface area contributed by atoms with Gasteiger partial charge < -0.3 is 4.74 Å². The van der Waals surface area contributed by atoms with Crippen molar-refractivity contribution in [3.05, 3.63) is 82.2 Å². The van der Waals surface area contributed by atoms with Crippen molar-refractivity contribution < 1.29 is 9.53 Å². The van der Waals surface area contributed by atoms with Crippen LogP contribution in [0.15, 0.2) is 48.5 Å². The molecule has 5 nitrogen and oxygen atoms in total. The molecule has 0 saturated heterocycles. The second-order valence-electron chi connectivity index (χ2n) is 12.5. The third kappa shape index (κ3) is 10.0. The summed E-state index contributed by atoms with van der Waals surface area (Å²) in [5, 5.41) is 10.1. The fraction of sp³-hybridized carbons (Fsp3) is 0.605. The highest BCUT2D eigenvalue weighted by atomic mass is 16.5. The van der Waals surface area contributed by atoms with Gasteiger partial charge in [0.1, 0.15) is 0 Å². The van der Waals surface area contributed by atoms with Crippen LogP contribution in [0.5, 0.6) is 0 Å². The SMILES string of the molecule is CCCCCCCc1ccc(C2CCC(c3ccc(CCCCCCC)cc3)c3nn(CCCC(=O)OCC)nc32)cc1. The summed E-state index contributed by atoms with van der Waals surface area (Å²) in [4.78, 5) is 13.7. The normalized spacial score (nSPS) is 16.3. The zero-order valence-corrected chi connectivity index (χ0v) is 27.2. The first kappa shape index (κ1) is 33.0. The van der Waals surface area contributed by atoms with Crippen LogP contribution in [0, 0.1) is 0 Å². The molecule has 1 aliphatic rings. The van der Waals surface area contributed by atoms with Crippen molar-refractivity contribution in [1.82, 2.24) is 15.0 Å². The predicted octanol–water partition coefficient (Wildman–Crippen LogP) is 9.70. The standard InChI is InChI=1S/C38H55N3O2/c1-4-7-9-11-13-16-30-19-23-32(24-20-30)34-27-28-35(33-25-21-31(22-26-33)17-14-12-10-8-5-2)38-37(34)39-41(40-38)29-15-18-36(42)43-6-3/h19-26,34-35H,4-18,27-29H2,1-3H3. The van der Waals surface area contributed by atoms with Crippen LogP contribution >= 0.6 is 0 Å². The van der Waals surface area contributed by atoms with Gasteiger partial charge in [0, 0.05) is 18.3 Å². The van der Waals surface area contributed by atoms with Gasteiger partial charge in [-0.25, -0.2) is 0 Å². The zero-order chi connectivity index (χ0) is 30.3. The van der Waals surface area contributed by atoms with Crippen molar-refractivity contribution in [2.24, 2.45) is 0 Å². The molecule has 2 unspecified atom stereocenters. The van der Waals surface area contributed by atoms with Crippen LogP contribution in [0.4, 0.5) is 0 Å². The Labute approximate surface area is 260 Å². The fourth-order valence-electron chi connectivity index (χ4n) is 6.52. The second-order valence-corrected chi connectivity index (χ2v) is 12.5. The second kappa shape index (κ2) is 18.0. The number of carbonyl (C=O) groups is 1. The summed E-state index contributed by atoms with van der Waals surface area (Å²) in [6.45, 7) is 7.44. The predicted molar refractivity (Wildman–Crippen MR) is 177 cm³/mol. The number of ether oxygens (including phenoxy) is 1. The summed E-state index contributed by atoms with van der Waals surface area (Å²) < 4.78 is 5.12. The van der Waals surface area contributed by atoms with Crippen LogP contribution in [0.3, 0.4) is 0 Å². The Balaban J connectivity index is 1.47. The van der Waals surface area contributed by atoms with Gasteiger partial charge in [0.25, 0.3) is 0 Å². The van der Waals surface area contributed by atoms with Crippen LogP contribution in [0.25, 0.3) is 0 Å². The minimum atomic E-state index is -0.147. The van der Waals surface area contributed by atoms with Gasteiger partial charge in [-0.05, 0) is 74.1 Å². The smallest absolute Gasteiger partial charge is 0.305 e. The van der Waals surface area contributed by atoms with Gasteiger partial charge in [-0.15, -0.1) is 0 Å². The lowest BCUT2D eigenvalue weighted by Gasteiger charge is -2.27. The first-order valence-electron chi connectivity index (χ1n) is 17.4. The molecule has 43 heavy (non-hydrogen) atoms. The van der Waals surface area contributed by atoms with E-state index in [9.17, 15) is 4.79 Å². The molecule has 2 aromatic carbocycles. The van der Waals surface area contributed by atoms with Crippen LogP contribution in [0.2, 0.25) is 0 Å². The summed E-state index contributed by atoms with van der Waals surface area (Å²) >= 11 is 0. The number of nitrogens with zero attached hydrogens (tertiary/aromatic N) is 3. The van der Waals surface area contributed by atoms with E-state index in [0.29, 0.717) is 26.0 Å². The quantitative estimate of drug-likeness (QED) is 0.104. The monoisotopic (exact) mass is 585 g/mol. The van der Waals surface area contributed by atoms with Gasteiger partial charge >= 0.3 is 5.97 Å². The molecule has 1 aromatic heterocycles. The Kier molecular flexibility index (Phi) is 13.8. The number of hydrogen-bond acceptors (Lipinski definition) is 4. The molecular formula is C38H55N3O2. The van der Waals surface area contributed by atoms with Crippen molar-refractivity contribution in [3.63, 3.8) is 0 Å². The first-order valence-corrected chi connectivity index (χ1v) is 17.4. The Morgan fingerprint density at radius 3 is 1.58 bits per heavy atom. The molecule has 0 radical (unpaired) electrons. The van der Waals surface area contributed by atoms with E-state index in [1.165, 1.54) is 86.5 Å². The van der Waals surface area contributed by atoms with Crippen molar-refractivity contribution in [2.45, 2.75) is 142 Å². The molecule has 3 aromatic rings. The average molecular weight is 586 g/mol. The van der Waals surface area contributed by atoms with E-state index >= 15 is 0 Å². The van der Waals surface area contributed by atoms with Gasteiger partial charge in [0.15, 0.2) is 0 Å². The van der Waals surface area contributed by atoms with Gasteiger partial charge in [0.2, 0.25) is 0 Å². The molecule has 0 N–H and O–H groups in total. The summed E-state index contributed by atoms with van der Waals surface area (Å²) in [7, 11) is 0. The fourth-order valence-corrected chi connectivity index (χ4v) is 6.52. The van der Waals surface area contributed by atoms with Gasteiger partial charge in [-0.1, -0.05) is 114 Å². The Hall–Kier alpha value is -2.95. The van der Waals surface area contributed by atoms with Gasteiger partial charge in [-0.2, -0.15) is 15.0 Å². The highest BCUT2D eigenvalue weighted by Crippen LogP contribution is 2.43. The molecule has 5 heteroatoms. The molecule has 1 heterocycles. The van der Waals surface area contributed by atoms with Gasteiger partial charge in [0.05, 0.1) is 24.5 Å². The van der Waals surface area contributed by atoms with E-state index in [1.807, 2.05) is 11.7 Å². The van der Waals surface area contributed by atoms with E-state index in [4.69, 9.17) is 14.9 Å². The molecule has 0 fully saturated rings. The lowest BCUT2D eigenvalue weighted by atomic mass is 9.76. The molecule has 0 bridgehead atoms. The number of fused-ring (bicyclic) bond motifs is 1. The number of esters is 1. The summed E-state index contributed by atoms with van der Waals surface area (Å²) in [5.74, 6) is 0.364. The maximum atomic E-state index is 11.9. The number of aromatic nitrogens is 3. The number of carbonyl (C=O) groups excluding carboxylic acids is 1. The largest absolute Gasteiger partial charge is 0.466 e. The number of aryl methyl sites for hydroxylation is 3. The number of unbranched alkanes of at least 4 members (excludes halogenated alkanes) is 8. The Bertz CT molecular complexity index is 1130.